The molecule has 0 aliphatic carbocycles. The van der Waals surface area contributed by atoms with Gasteiger partial charge < -0.3 is 24.3 Å². The Morgan fingerprint density at radius 3 is 2.44 bits per heavy atom. The lowest BCUT2D eigenvalue weighted by Gasteiger charge is -2.26. The molecule has 10 heteroatoms. The third kappa shape index (κ3) is 5.03. The van der Waals surface area contributed by atoms with Crippen LogP contribution in [0.25, 0.3) is 16.6 Å². The highest BCUT2D eigenvalue weighted by atomic mass is 35.5. The van der Waals surface area contributed by atoms with Crippen molar-refractivity contribution < 1.29 is 18.9 Å². The topological polar surface area (TPSA) is 108 Å². The molecule has 5 aromatic rings. The predicted molar refractivity (Wildman–Crippen MR) is 158 cm³/mol. The van der Waals surface area contributed by atoms with Crippen LogP contribution < -0.4 is 29.8 Å². The normalized spacial score (nSPS) is 14.0. The minimum atomic E-state index is -0.447. The number of aromatic amines is 1. The van der Waals surface area contributed by atoms with E-state index in [0.717, 1.165) is 33.5 Å². The van der Waals surface area contributed by atoms with Crippen molar-refractivity contribution in [3.8, 4) is 29.0 Å². The molecule has 206 valence electrons. The largest absolute Gasteiger partial charge is 0.497 e. The van der Waals surface area contributed by atoms with Gasteiger partial charge in [-0.2, -0.15) is 4.98 Å². The van der Waals surface area contributed by atoms with Crippen LogP contribution in [0.3, 0.4) is 0 Å². The second-order valence-corrected chi connectivity index (χ2v) is 9.67. The lowest BCUT2D eigenvalue weighted by molar-refractivity contribution is 0.378. The molecule has 0 fully saturated rings. The van der Waals surface area contributed by atoms with E-state index in [-0.39, 0.29) is 11.6 Å². The summed E-state index contributed by atoms with van der Waals surface area (Å²) in [6, 6.07) is 20.6. The van der Waals surface area contributed by atoms with Gasteiger partial charge in [-0.15, -0.1) is 0 Å². The molecule has 1 atom stereocenters. The maximum Gasteiger partial charge on any atom is 0.298 e. The molecule has 0 amide bonds. The van der Waals surface area contributed by atoms with Crippen molar-refractivity contribution >= 4 is 34.0 Å². The van der Waals surface area contributed by atoms with Crippen LogP contribution in [0, 0.1) is 0 Å². The van der Waals surface area contributed by atoms with E-state index < -0.39 is 5.92 Å². The van der Waals surface area contributed by atoms with E-state index in [9.17, 15) is 4.79 Å². The van der Waals surface area contributed by atoms with Crippen LogP contribution in [0.15, 0.2) is 83.8 Å². The number of halogens is 1. The molecule has 1 unspecified atom stereocenters. The van der Waals surface area contributed by atoms with E-state index in [1.807, 2.05) is 54.6 Å². The number of benzene rings is 3. The first-order chi connectivity index (χ1) is 20.0. The summed E-state index contributed by atoms with van der Waals surface area (Å²) in [5.74, 6) is 2.32. The van der Waals surface area contributed by atoms with Gasteiger partial charge in [0.15, 0.2) is 11.5 Å². The number of fused-ring (bicyclic) bond motifs is 2. The van der Waals surface area contributed by atoms with Gasteiger partial charge in [0, 0.05) is 28.2 Å². The van der Waals surface area contributed by atoms with Gasteiger partial charge in [0.1, 0.15) is 17.3 Å². The fraction of sp³-hybridized carbons (Fsp3) is 0.129. The van der Waals surface area contributed by atoms with Gasteiger partial charge >= 0.3 is 0 Å². The average molecular weight is 569 g/mol. The number of ether oxygens (including phenoxy) is 4. The first-order valence-electron chi connectivity index (χ1n) is 12.7. The minimum Gasteiger partial charge on any atom is -0.497 e. The Labute approximate surface area is 240 Å². The average Bonchev–Trinajstić information content (AvgIpc) is 3.00. The summed E-state index contributed by atoms with van der Waals surface area (Å²) >= 11 is 6.15. The standard InChI is InChI=1S/C31H25ClN4O5/c1-38-20-8-4-17(5-9-20)23-16-22(28-29(34-23)35-31(40-3)36-30(28)37)18-6-11-26(27(14-18)39-2)41-25-12-13-33-24-15-19(32)7-10-21(24)25/h4-16,22H,1-3H3,(H2,34,35,36,37). The fourth-order valence-corrected chi connectivity index (χ4v) is 4.99. The number of methoxy groups -OCH3 is 3. The first kappa shape index (κ1) is 26.2. The lowest BCUT2D eigenvalue weighted by Crippen LogP contribution is -2.25. The molecule has 1 aliphatic heterocycles. The number of rotatable bonds is 7. The zero-order chi connectivity index (χ0) is 28.5. The number of pyridine rings is 1. The Kier molecular flexibility index (Phi) is 6.94. The van der Waals surface area contributed by atoms with E-state index in [2.05, 4.69) is 20.3 Å². The van der Waals surface area contributed by atoms with Crippen LogP contribution in [-0.4, -0.2) is 36.3 Å². The second-order valence-electron chi connectivity index (χ2n) is 9.23. The van der Waals surface area contributed by atoms with Gasteiger partial charge in [0.25, 0.3) is 11.6 Å². The van der Waals surface area contributed by atoms with Crippen LogP contribution in [0.2, 0.25) is 5.02 Å². The third-order valence-corrected chi connectivity index (χ3v) is 7.09. The van der Waals surface area contributed by atoms with Crippen molar-refractivity contribution in [2.45, 2.75) is 5.92 Å². The number of anilines is 1. The summed E-state index contributed by atoms with van der Waals surface area (Å²) in [5, 5.41) is 4.70. The predicted octanol–water partition coefficient (Wildman–Crippen LogP) is 6.39. The maximum atomic E-state index is 13.2. The number of allylic oxidation sites excluding steroid dienone is 1. The molecule has 41 heavy (non-hydrogen) atoms. The van der Waals surface area contributed by atoms with Crippen molar-refractivity contribution in [3.63, 3.8) is 0 Å². The lowest BCUT2D eigenvalue weighted by atomic mass is 9.87. The highest BCUT2D eigenvalue weighted by molar-refractivity contribution is 6.31. The van der Waals surface area contributed by atoms with Crippen LogP contribution in [0.1, 0.15) is 22.6 Å². The summed E-state index contributed by atoms with van der Waals surface area (Å²) in [7, 11) is 4.65. The molecule has 3 heterocycles. The molecule has 9 nitrogen and oxygen atoms in total. The zero-order valence-electron chi connectivity index (χ0n) is 22.4. The summed E-state index contributed by atoms with van der Waals surface area (Å²) in [5.41, 5.74) is 3.36. The number of H-pyrrole nitrogens is 1. The van der Waals surface area contributed by atoms with Crippen molar-refractivity contribution in [2.24, 2.45) is 0 Å². The Balaban J connectivity index is 1.43. The van der Waals surface area contributed by atoms with Gasteiger partial charge in [0.05, 0.1) is 32.4 Å². The second kappa shape index (κ2) is 10.9. The monoisotopic (exact) mass is 568 g/mol. The summed E-state index contributed by atoms with van der Waals surface area (Å²) in [6.45, 7) is 0. The smallest absolute Gasteiger partial charge is 0.298 e. The molecule has 1 aliphatic rings. The fourth-order valence-electron chi connectivity index (χ4n) is 4.83. The van der Waals surface area contributed by atoms with Crippen molar-refractivity contribution in [2.75, 3.05) is 26.6 Å². The highest BCUT2D eigenvalue weighted by Gasteiger charge is 2.28. The number of nitrogens with zero attached hydrogens (tertiary/aromatic N) is 2. The van der Waals surface area contributed by atoms with E-state index in [1.165, 1.54) is 7.11 Å². The molecule has 0 saturated heterocycles. The molecule has 0 spiro atoms. The Morgan fingerprint density at radius 2 is 1.68 bits per heavy atom. The molecule has 2 N–H and O–H groups in total. The van der Waals surface area contributed by atoms with Crippen molar-refractivity contribution in [3.05, 3.63) is 111 Å². The van der Waals surface area contributed by atoms with E-state index in [4.69, 9.17) is 30.5 Å². The number of aromatic nitrogens is 3. The molecule has 3 aromatic carbocycles. The van der Waals surface area contributed by atoms with E-state index >= 15 is 0 Å². The molecular formula is C31H25ClN4O5. The van der Waals surface area contributed by atoms with Crippen LogP contribution in [-0.2, 0) is 0 Å². The number of hydrogen-bond acceptors (Lipinski definition) is 8. The van der Waals surface area contributed by atoms with Gasteiger partial charge in [0.2, 0.25) is 0 Å². The third-order valence-electron chi connectivity index (χ3n) is 6.86. The van der Waals surface area contributed by atoms with Gasteiger partial charge in [-0.1, -0.05) is 17.7 Å². The highest BCUT2D eigenvalue weighted by Crippen LogP contribution is 2.41. The molecular weight excluding hydrogens is 544 g/mol. The minimum absolute atomic E-state index is 0.114. The number of nitrogens with one attached hydrogen (secondary N) is 2. The van der Waals surface area contributed by atoms with Crippen LogP contribution in [0.4, 0.5) is 5.82 Å². The zero-order valence-corrected chi connectivity index (χ0v) is 23.2. The van der Waals surface area contributed by atoms with Crippen molar-refractivity contribution in [1.82, 2.24) is 15.0 Å². The summed E-state index contributed by atoms with van der Waals surface area (Å²) in [6.07, 6.45) is 3.66. The summed E-state index contributed by atoms with van der Waals surface area (Å²) < 4.78 is 22.6. The van der Waals surface area contributed by atoms with Gasteiger partial charge in [-0.05, 0) is 77.9 Å². The number of hydrogen-bond donors (Lipinski definition) is 2. The van der Waals surface area contributed by atoms with Gasteiger partial charge in [-0.3, -0.25) is 14.8 Å². The van der Waals surface area contributed by atoms with E-state index in [0.29, 0.717) is 33.7 Å². The molecule has 0 saturated carbocycles. The van der Waals surface area contributed by atoms with E-state index in [1.54, 1.807) is 38.6 Å². The summed E-state index contributed by atoms with van der Waals surface area (Å²) in [4.78, 5) is 24.8. The van der Waals surface area contributed by atoms with Gasteiger partial charge in [-0.25, -0.2) is 0 Å². The first-order valence-corrected chi connectivity index (χ1v) is 13.1. The Bertz CT molecular complexity index is 1850. The van der Waals surface area contributed by atoms with Crippen LogP contribution in [0.5, 0.6) is 29.0 Å². The molecule has 0 radical (unpaired) electrons. The SMILES string of the molecule is COc1ccc(C2=CC(c3ccc(Oc4ccnc5cc(Cl)ccc45)c(OC)c3)c3c(nc(OC)[nH]c3=O)N2)cc1. The Hall–Kier alpha value is -5.02. The molecule has 6 rings (SSSR count). The molecule has 2 aromatic heterocycles. The van der Waals surface area contributed by atoms with Crippen molar-refractivity contribution in [1.29, 1.82) is 0 Å². The molecule has 0 bridgehead atoms. The van der Waals surface area contributed by atoms with Crippen LogP contribution >= 0.6 is 11.6 Å². The quantitative estimate of drug-likeness (QED) is 0.233. The Morgan fingerprint density at radius 1 is 0.854 bits per heavy atom. The maximum absolute atomic E-state index is 13.2.